The number of rotatable bonds is 4. The van der Waals surface area contributed by atoms with Gasteiger partial charge in [0.2, 0.25) is 0 Å². The fraction of sp³-hybridized carbons (Fsp3) is 0.125. The van der Waals surface area contributed by atoms with Crippen LogP contribution in [0.3, 0.4) is 0 Å². The fourth-order valence-electron chi connectivity index (χ4n) is 1.80. The summed E-state index contributed by atoms with van der Waals surface area (Å²) in [5.74, 6) is -0.390. The molecule has 0 bridgehead atoms. The minimum Gasteiger partial charge on any atom is -0.345 e. The first-order valence-electron chi connectivity index (χ1n) is 6.33. The summed E-state index contributed by atoms with van der Waals surface area (Å²) in [5, 5.41) is 12.0. The molecule has 0 radical (unpaired) electrons. The third-order valence-corrected chi connectivity index (χ3v) is 4.07. The highest BCUT2D eigenvalue weighted by Crippen LogP contribution is 2.23. The molecule has 106 valence electrons. The second-order valence-corrected chi connectivity index (χ2v) is 6.16. The lowest BCUT2D eigenvalue weighted by Gasteiger charge is -2.13. The molecule has 0 aliphatic heterocycles. The van der Waals surface area contributed by atoms with Crippen LogP contribution >= 0.6 is 22.9 Å². The summed E-state index contributed by atoms with van der Waals surface area (Å²) >= 11 is 7.16. The van der Waals surface area contributed by atoms with Crippen LogP contribution in [0.4, 0.5) is 0 Å². The highest BCUT2D eigenvalue weighted by Gasteiger charge is 2.13. The van der Waals surface area contributed by atoms with E-state index in [4.69, 9.17) is 16.9 Å². The van der Waals surface area contributed by atoms with Crippen LogP contribution in [0, 0.1) is 11.3 Å². The molecule has 1 unspecified atom stereocenters. The number of nitrogens with zero attached hydrogens (tertiary/aromatic N) is 1. The Bertz CT molecular complexity index is 701. The molecule has 0 fully saturated rings. The van der Waals surface area contributed by atoms with Crippen LogP contribution in [0.25, 0.3) is 6.08 Å². The van der Waals surface area contributed by atoms with Crippen LogP contribution in [0.5, 0.6) is 0 Å². The van der Waals surface area contributed by atoms with Gasteiger partial charge in [-0.15, -0.1) is 11.3 Å². The van der Waals surface area contributed by atoms with Crippen LogP contribution in [0.2, 0.25) is 4.34 Å². The van der Waals surface area contributed by atoms with Gasteiger partial charge in [0.05, 0.1) is 10.4 Å². The number of nitriles is 1. The van der Waals surface area contributed by atoms with Gasteiger partial charge in [0, 0.05) is 4.88 Å². The maximum Gasteiger partial charge on any atom is 0.262 e. The van der Waals surface area contributed by atoms with Crippen molar-refractivity contribution in [3.63, 3.8) is 0 Å². The Morgan fingerprint density at radius 2 is 2.05 bits per heavy atom. The predicted octanol–water partition coefficient (Wildman–Crippen LogP) is 4.19. The lowest BCUT2D eigenvalue weighted by atomic mass is 10.1. The summed E-state index contributed by atoms with van der Waals surface area (Å²) in [7, 11) is 0. The summed E-state index contributed by atoms with van der Waals surface area (Å²) in [6, 6.07) is 14.9. The van der Waals surface area contributed by atoms with Gasteiger partial charge in [0.25, 0.3) is 5.91 Å². The Labute approximate surface area is 132 Å². The van der Waals surface area contributed by atoms with Crippen LogP contribution in [0.1, 0.15) is 23.4 Å². The second-order valence-electron chi connectivity index (χ2n) is 4.42. The van der Waals surface area contributed by atoms with Crippen molar-refractivity contribution in [3.8, 4) is 6.07 Å². The standard InChI is InChI=1S/C16H13ClN2OS/c1-11(12-5-3-2-4-6-12)19-16(20)13(10-18)9-14-7-8-15(17)21-14/h2-9,11H,1H3,(H,19,20)/b13-9-. The van der Waals surface area contributed by atoms with Crippen molar-refractivity contribution < 1.29 is 4.79 Å². The summed E-state index contributed by atoms with van der Waals surface area (Å²) < 4.78 is 0.622. The molecule has 21 heavy (non-hydrogen) atoms. The zero-order chi connectivity index (χ0) is 15.2. The number of halogens is 1. The first-order valence-corrected chi connectivity index (χ1v) is 7.52. The molecule has 2 aromatic rings. The van der Waals surface area contributed by atoms with Gasteiger partial charge < -0.3 is 5.32 Å². The Hall–Kier alpha value is -2.09. The monoisotopic (exact) mass is 316 g/mol. The minimum atomic E-state index is -0.390. The quantitative estimate of drug-likeness (QED) is 0.679. The highest BCUT2D eigenvalue weighted by molar-refractivity contribution is 7.17. The Morgan fingerprint density at radius 3 is 2.62 bits per heavy atom. The average Bonchev–Trinajstić information content (AvgIpc) is 2.90. The van der Waals surface area contributed by atoms with Crippen molar-refractivity contribution >= 4 is 34.9 Å². The van der Waals surface area contributed by atoms with Crippen molar-refractivity contribution in [1.29, 1.82) is 5.26 Å². The third-order valence-electron chi connectivity index (χ3n) is 2.89. The van der Waals surface area contributed by atoms with Crippen molar-refractivity contribution in [2.45, 2.75) is 13.0 Å². The Balaban J connectivity index is 2.11. The molecule has 1 N–H and O–H groups in total. The summed E-state index contributed by atoms with van der Waals surface area (Å²) in [5.41, 5.74) is 1.05. The van der Waals surface area contributed by atoms with Gasteiger partial charge in [0.15, 0.2) is 0 Å². The first-order chi connectivity index (χ1) is 10.1. The molecule has 1 aromatic heterocycles. The maximum absolute atomic E-state index is 12.1. The molecule has 1 amide bonds. The van der Waals surface area contributed by atoms with Gasteiger partial charge in [-0.05, 0) is 30.7 Å². The number of thiophene rings is 1. The van der Waals surface area contributed by atoms with E-state index in [9.17, 15) is 4.79 Å². The fourth-order valence-corrected chi connectivity index (χ4v) is 2.80. The largest absolute Gasteiger partial charge is 0.345 e. The van der Waals surface area contributed by atoms with E-state index in [0.29, 0.717) is 4.34 Å². The van der Waals surface area contributed by atoms with Gasteiger partial charge in [-0.1, -0.05) is 41.9 Å². The predicted molar refractivity (Wildman–Crippen MR) is 85.9 cm³/mol. The molecular weight excluding hydrogens is 304 g/mol. The highest BCUT2D eigenvalue weighted by atomic mass is 35.5. The number of hydrogen-bond acceptors (Lipinski definition) is 3. The van der Waals surface area contributed by atoms with Crippen LogP contribution in [0.15, 0.2) is 48.0 Å². The number of carbonyl (C=O) groups is 1. The van der Waals surface area contributed by atoms with Crippen LogP contribution in [-0.2, 0) is 4.79 Å². The molecule has 0 saturated heterocycles. The maximum atomic E-state index is 12.1. The van der Waals surface area contributed by atoms with Crippen molar-refractivity contribution in [2.75, 3.05) is 0 Å². The third kappa shape index (κ3) is 4.19. The zero-order valence-corrected chi connectivity index (χ0v) is 12.9. The first kappa shape index (κ1) is 15.3. The van der Waals surface area contributed by atoms with E-state index in [0.717, 1.165) is 10.4 Å². The van der Waals surface area contributed by atoms with E-state index in [-0.39, 0.29) is 11.6 Å². The Morgan fingerprint density at radius 1 is 1.33 bits per heavy atom. The van der Waals surface area contributed by atoms with Gasteiger partial charge >= 0.3 is 0 Å². The summed E-state index contributed by atoms with van der Waals surface area (Å²) in [6.45, 7) is 1.88. The van der Waals surface area contributed by atoms with Gasteiger partial charge in [-0.3, -0.25) is 4.79 Å². The number of amides is 1. The molecule has 1 aromatic carbocycles. The smallest absolute Gasteiger partial charge is 0.262 e. The minimum absolute atomic E-state index is 0.0660. The molecule has 5 heteroatoms. The van der Waals surface area contributed by atoms with E-state index in [1.54, 1.807) is 18.2 Å². The van der Waals surface area contributed by atoms with Gasteiger partial charge in [-0.2, -0.15) is 5.26 Å². The lowest BCUT2D eigenvalue weighted by molar-refractivity contribution is -0.117. The van der Waals surface area contributed by atoms with Crippen molar-refractivity contribution in [1.82, 2.24) is 5.32 Å². The van der Waals surface area contributed by atoms with E-state index < -0.39 is 5.91 Å². The lowest BCUT2D eigenvalue weighted by Crippen LogP contribution is -2.27. The van der Waals surface area contributed by atoms with Crippen LogP contribution < -0.4 is 5.32 Å². The summed E-state index contributed by atoms with van der Waals surface area (Å²) in [4.78, 5) is 12.9. The Kier molecular flexibility index (Phi) is 5.15. The molecular formula is C16H13ClN2OS. The van der Waals surface area contributed by atoms with Gasteiger partial charge in [0.1, 0.15) is 11.6 Å². The molecule has 1 heterocycles. The second kappa shape index (κ2) is 7.07. The number of nitrogens with one attached hydrogen (secondary N) is 1. The topological polar surface area (TPSA) is 52.9 Å². The molecule has 0 aliphatic carbocycles. The molecule has 1 atom stereocenters. The number of hydrogen-bond donors (Lipinski definition) is 1. The van der Waals surface area contributed by atoms with E-state index in [2.05, 4.69) is 5.32 Å². The van der Waals surface area contributed by atoms with E-state index in [1.807, 2.05) is 43.3 Å². The van der Waals surface area contributed by atoms with E-state index >= 15 is 0 Å². The SMILES string of the molecule is CC(NC(=O)/C(C#N)=C\c1ccc(Cl)s1)c1ccccc1. The van der Waals surface area contributed by atoms with Crippen molar-refractivity contribution in [3.05, 3.63) is 62.8 Å². The number of benzene rings is 1. The molecule has 0 spiro atoms. The average molecular weight is 317 g/mol. The zero-order valence-electron chi connectivity index (χ0n) is 11.3. The molecule has 2 rings (SSSR count). The normalized spacial score (nSPS) is 12.5. The molecule has 3 nitrogen and oxygen atoms in total. The number of carbonyl (C=O) groups excluding carboxylic acids is 1. The summed E-state index contributed by atoms with van der Waals surface area (Å²) in [6.07, 6.45) is 1.55. The van der Waals surface area contributed by atoms with Crippen LogP contribution in [-0.4, -0.2) is 5.91 Å². The van der Waals surface area contributed by atoms with E-state index in [1.165, 1.54) is 11.3 Å². The molecule has 0 saturated carbocycles. The van der Waals surface area contributed by atoms with Gasteiger partial charge in [-0.25, -0.2) is 0 Å². The van der Waals surface area contributed by atoms with Crippen molar-refractivity contribution in [2.24, 2.45) is 0 Å². The molecule has 0 aliphatic rings.